The van der Waals surface area contributed by atoms with Gasteiger partial charge in [-0.25, -0.2) is 0 Å². The molecule has 0 spiro atoms. The van der Waals surface area contributed by atoms with Gasteiger partial charge in [0.05, 0.1) is 18.3 Å². The molecule has 2 rings (SSSR count). The number of aliphatic hydroxyl groups excluding tert-OH is 3. The van der Waals surface area contributed by atoms with Gasteiger partial charge in [0, 0.05) is 12.2 Å². The molecule has 0 aliphatic heterocycles. The average Bonchev–Trinajstić information content (AvgIpc) is 2.33. The number of hydrogen-bond donors (Lipinski definition) is 4. The van der Waals surface area contributed by atoms with E-state index in [1.54, 1.807) is 6.08 Å². The molecule has 0 saturated heterocycles. The van der Waals surface area contributed by atoms with Crippen molar-refractivity contribution in [3.8, 4) is 0 Å². The van der Waals surface area contributed by atoms with Gasteiger partial charge in [0.1, 0.15) is 0 Å². The number of rotatable bonds is 3. The molecule has 2 aliphatic rings. The third-order valence-electron chi connectivity index (χ3n) is 3.56. The van der Waals surface area contributed by atoms with Crippen molar-refractivity contribution in [2.75, 3.05) is 6.54 Å². The minimum atomic E-state index is -0.576. The quantitative estimate of drug-likeness (QED) is 0.572. The molecule has 1 fully saturated rings. The summed E-state index contributed by atoms with van der Waals surface area (Å²) in [4.78, 5) is 0. The maximum Gasteiger partial charge on any atom is 0.0802 e. The van der Waals surface area contributed by atoms with Crippen molar-refractivity contribution in [2.45, 2.75) is 44.0 Å². The lowest BCUT2D eigenvalue weighted by Gasteiger charge is -2.30. The Hall–Kier alpha value is -0.840. The fraction of sp³-hybridized carbons (Fsp3) is 0.692. The van der Waals surface area contributed by atoms with Crippen molar-refractivity contribution in [2.24, 2.45) is 5.92 Å². The molecule has 4 heteroatoms. The van der Waals surface area contributed by atoms with Gasteiger partial charge in [-0.05, 0) is 37.7 Å². The Kier molecular flexibility index (Phi) is 4.20. The van der Waals surface area contributed by atoms with Gasteiger partial charge >= 0.3 is 0 Å². The third-order valence-corrected chi connectivity index (χ3v) is 3.56. The van der Waals surface area contributed by atoms with E-state index in [0.29, 0.717) is 25.2 Å². The fourth-order valence-corrected chi connectivity index (χ4v) is 2.40. The van der Waals surface area contributed by atoms with Crippen LogP contribution in [0.2, 0.25) is 0 Å². The van der Waals surface area contributed by atoms with Gasteiger partial charge in [-0.3, -0.25) is 0 Å². The molecule has 0 aromatic heterocycles. The van der Waals surface area contributed by atoms with Gasteiger partial charge in [0.15, 0.2) is 0 Å². The normalized spacial score (nSPS) is 37.7. The second-order valence-electron chi connectivity index (χ2n) is 5.02. The first-order valence-electron chi connectivity index (χ1n) is 6.31. The number of allylic oxidation sites excluding steroid dienone is 1. The minimum absolute atomic E-state index is 0.354. The van der Waals surface area contributed by atoms with Gasteiger partial charge in [0.2, 0.25) is 0 Å². The van der Waals surface area contributed by atoms with Gasteiger partial charge in [-0.15, -0.1) is 0 Å². The van der Waals surface area contributed by atoms with Crippen LogP contribution in [0.1, 0.15) is 25.7 Å². The summed E-state index contributed by atoms with van der Waals surface area (Å²) in [5.41, 5.74) is 1.04. The molecule has 0 bridgehead atoms. The maximum absolute atomic E-state index is 9.58. The largest absolute Gasteiger partial charge is 0.390 e. The number of hydrogen-bond acceptors (Lipinski definition) is 4. The van der Waals surface area contributed by atoms with Crippen molar-refractivity contribution in [3.05, 3.63) is 23.9 Å². The Balaban J connectivity index is 1.74. The van der Waals surface area contributed by atoms with Crippen molar-refractivity contribution in [1.29, 1.82) is 0 Å². The Morgan fingerprint density at radius 2 is 2.00 bits per heavy atom. The van der Waals surface area contributed by atoms with Crippen LogP contribution in [0.4, 0.5) is 0 Å². The molecule has 96 valence electrons. The lowest BCUT2D eigenvalue weighted by atomic mass is 9.85. The lowest BCUT2D eigenvalue weighted by Crippen LogP contribution is -2.37. The van der Waals surface area contributed by atoms with E-state index in [1.807, 2.05) is 12.2 Å². The summed E-state index contributed by atoms with van der Waals surface area (Å²) < 4.78 is 0. The Bertz CT molecular complexity index is 314. The topological polar surface area (TPSA) is 72.7 Å². The van der Waals surface area contributed by atoms with Crippen molar-refractivity contribution in [3.63, 3.8) is 0 Å². The molecular formula is C13H21NO3. The van der Waals surface area contributed by atoms with Gasteiger partial charge in [-0.2, -0.15) is 0 Å². The van der Waals surface area contributed by atoms with Gasteiger partial charge in [-0.1, -0.05) is 12.2 Å². The van der Waals surface area contributed by atoms with Crippen LogP contribution >= 0.6 is 0 Å². The molecule has 17 heavy (non-hydrogen) atoms. The number of nitrogens with one attached hydrogen (secondary N) is 1. The second kappa shape index (κ2) is 5.67. The average molecular weight is 239 g/mol. The zero-order chi connectivity index (χ0) is 12.3. The van der Waals surface area contributed by atoms with Gasteiger partial charge < -0.3 is 20.6 Å². The van der Waals surface area contributed by atoms with Crippen LogP contribution in [-0.2, 0) is 0 Å². The van der Waals surface area contributed by atoms with E-state index in [9.17, 15) is 15.3 Å². The van der Waals surface area contributed by atoms with Crippen LogP contribution in [0.25, 0.3) is 0 Å². The lowest BCUT2D eigenvalue weighted by molar-refractivity contribution is -0.0247. The summed E-state index contributed by atoms with van der Waals surface area (Å²) in [6.07, 6.45) is 7.13. The molecule has 0 amide bonds. The van der Waals surface area contributed by atoms with Crippen LogP contribution < -0.4 is 5.32 Å². The molecule has 4 N–H and O–H groups in total. The van der Waals surface area contributed by atoms with Crippen molar-refractivity contribution >= 4 is 0 Å². The molecule has 4 nitrogen and oxygen atoms in total. The molecular weight excluding hydrogens is 218 g/mol. The summed E-state index contributed by atoms with van der Waals surface area (Å²) in [6.45, 7) is 0.816. The highest BCUT2D eigenvalue weighted by Gasteiger charge is 2.27. The summed E-state index contributed by atoms with van der Waals surface area (Å²) in [5, 5.41) is 31.6. The monoisotopic (exact) mass is 239 g/mol. The summed E-state index contributed by atoms with van der Waals surface area (Å²) in [6, 6.07) is 0. The van der Waals surface area contributed by atoms with E-state index in [2.05, 4.69) is 5.32 Å². The van der Waals surface area contributed by atoms with E-state index in [1.165, 1.54) is 0 Å². The third kappa shape index (κ3) is 3.56. The predicted octanol–water partition coefficient (Wildman–Crippen LogP) is 0.303. The Morgan fingerprint density at radius 3 is 2.65 bits per heavy atom. The van der Waals surface area contributed by atoms with Crippen LogP contribution in [0, 0.1) is 5.92 Å². The first-order valence-corrected chi connectivity index (χ1v) is 6.31. The summed E-state index contributed by atoms with van der Waals surface area (Å²) in [5.74, 6) is 0.412. The van der Waals surface area contributed by atoms with E-state index < -0.39 is 12.2 Å². The van der Waals surface area contributed by atoms with E-state index in [4.69, 9.17) is 0 Å². The molecule has 0 heterocycles. The molecule has 1 saturated carbocycles. The molecule has 2 aliphatic carbocycles. The highest BCUT2D eigenvalue weighted by molar-refractivity contribution is 5.22. The SMILES string of the molecule is OC1C=CC(NCC2CCC(O)C(O)C2)=CC1. The van der Waals surface area contributed by atoms with E-state index in [-0.39, 0.29) is 6.10 Å². The molecule has 4 atom stereocenters. The van der Waals surface area contributed by atoms with Gasteiger partial charge in [0.25, 0.3) is 0 Å². The smallest absolute Gasteiger partial charge is 0.0802 e. The zero-order valence-corrected chi connectivity index (χ0v) is 9.92. The zero-order valence-electron chi connectivity index (χ0n) is 9.92. The first kappa shape index (κ1) is 12.6. The molecule has 0 aromatic rings. The summed E-state index contributed by atoms with van der Waals surface area (Å²) in [7, 11) is 0. The molecule has 0 radical (unpaired) electrons. The van der Waals surface area contributed by atoms with Crippen LogP contribution in [0.3, 0.4) is 0 Å². The highest BCUT2D eigenvalue weighted by atomic mass is 16.3. The predicted molar refractivity (Wildman–Crippen MR) is 65.2 cm³/mol. The van der Waals surface area contributed by atoms with Crippen molar-refractivity contribution in [1.82, 2.24) is 5.32 Å². The minimum Gasteiger partial charge on any atom is -0.390 e. The van der Waals surface area contributed by atoms with Crippen LogP contribution in [0.15, 0.2) is 23.9 Å². The summed E-state index contributed by atoms with van der Waals surface area (Å²) >= 11 is 0. The maximum atomic E-state index is 9.58. The standard InChI is InChI=1S/C13H21NO3/c15-11-4-2-10(3-5-11)14-8-9-1-6-12(16)13(17)7-9/h2-4,9,11-17H,1,5-8H2. The van der Waals surface area contributed by atoms with E-state index >= 15 is 0 Å². The number of aliphatic hydroxyl groups is 3. The fourth-order valence-electron chi connectivity index (χ4n) is 2.40. The van der Waals surface area contributed by atoms with E-state index in [0.717, 1.165) is 18.7 Å². The van der Waals surface area contributed by atoms with Crippen LogP contribution in [-0.4, -0.2) is 40.2 Å². The first-order chi connectivity index (χ1) is 8.15. The van der Waals surface area contributed by atoms with Crippen LogP contribution in [0.5, 0.6) is 0 Å². The molecule has 0 aromatic carbocycles. The highest BCUT2D eigenvalue weighted by Crippen LogP contribution is 2.24. The Labute approximate surface area is 102 Å². The molecule has 4 unspecified atom stereocenters. The Morgan fingerprint density at radius 1 is 1.18 bits per heavy atom. The van der Waals surface area contributed by atoms with Crippen molar-refractivity contribution < 1.29 is 15.3 Å². The second-order valence-corrected chi connectivity index (χ2v) is 5.02.